The van der Waals surface area contributed by atoms with E-state index in [0.29, 0.717) is 42.9 Å². The van der Waals surface area contributed by atoms with Crippen molar-refractivity contribution in [2.24, 2.45) is 11.8 Å². The van der Waals surface area contributed by atoms with Crippen LogP contribution in [0, 0.1) is 29.3 Å². The maximum atomic E-state index is 15.2. The predicted octanol–water partition coefficient (Wildman–Crippen LogP) is 9.63. The highest BCUT2D eigenvalue weighted by molar-refractivity contribution is 5.95. The highest BCUT2D eigenvalue weighted by Gasteiger charge is 2.45. The second kappa shape index (κ2) is 16.6. The fourth-order valence-corrected chi connectivity index (χ4v) is 6.47. The molecular weight excluding hydrogens is 752 g/mol. The first kappa shape index (κ1) is 40.9. The summed E-state index contributed by atoms with van der Waals surface area (Å²) >= 11 is 0. The molecule has 1 amide bonds. The van der Waals surface area contributed by atoms with E-state index < -0.39 is 76.5 Å². The van der Waals surface area contributed by atoms with Gasteiger partial charge in [-0.15, -0.1) is 0 Å². The van der Waals surface area contributed by atoms with Gasteiger partial charge in [0.15, 0.2) is 0 Å². The third kappa shape index (κ3) is 9.89. The van der Waals surface area contributed by atoms with E-state index in [1.54, 1.807) is 12.1 Å². The van der Waals surface area contributed by atoms with Crippen LogP contribution in [0.25, 0.3) is 0 Å². The number of alkyl halides is 7. The minimum absolute atomic E-state index is 0.0551. The van der Waals surface area contributed by atoms with E-state index in [2.05, 4.69) is 10.1 Å². The predicted molar refractivity (Wildman–Crippen MR) is 177 cm³/mol. The van der Waals surface area contributed by atoms with Gasteiger partial charge in [-0.25, -0.2) is 13.2 Å². The van der Waals surface area contributed by atoms with Gasteiger partial charge in [0.1, 0.15) is 29.0 Å². The molecule has 4 aromatic rings. The number of rotatable bonds is 13. The van der Waals surface area contributed by atoms with Crippen molar-refractivity contribution < 1.29 is 67.7 Å². The number of benzene rings is 4. The smallest absolute Gasteiger partial charge is 0.461 e. The van der Waals surface area contributed by atoms with Crippen molar-refractivity contribution in [3.05, 3.63) is 130 Å². The molecule has 1 fully saturated rings. The standard InChI is InChI=1S/C39H33F10NO5/c1-53-35(52)24-6-2-23(3-7-24)21-54-30-13-4-22(5-14-30)20-37(26-9-11-28(40)12-10-26,27-17-29(41)19-31(18-27)55-39(48,49)36(43)44)50-34(51)25-8-15-33(42)32(16-25)38(45,46)47/h4-5,8-19,23-24,36H,2-3,6-7,20-21H2,1H3,(H,50,51)/t23?,24?,37-/m0/s1. The number of amides is 1. The lowest BCUT2D eigenvalue weighted by Gasteiger charge is -2.37. The van der Waals surface area contributed by atoms with Gasteiger partial charge in [-0.2, -0.15) is 30.7 Å². The Balaban J connectivity index is 1.55. The second-order valence-electron chi connectivity index (χ2n) is 13.1. The fourth-order valence-electron chi connectivity index (χ4n) is 6.47. The lowest BCUT2D eigenvalue weighted by atomic mass is 9.77. The summed E-state index contributed by atoms with van der Waals surface area (Å²) < 4.78 is 154. The summed E-state index contributed by atoms with van der Waals surface area (Å²) in [4.78, 5) is 25.7. The second-order valence-corrected chi connectivity index (χ2v) is 13.1. The van der Waals surface area contributed by atoms with Crippen LogP contribution in [0.4, 0.5) is 43.9 Å². The van der Waals surface area contributed by atoms with Gasteiger partial charge in [-0.1, -0.05) is 24.3 Å². The number of esters is 1. The van der Waals surface area contributed by atoms with Crippen molar-refractivity contribution in [3.63, 3.8) is 0 Å². The zero-order valence-electron chi connectivity index (χ0n) is 28.9. The van der Waals surface area contributed by atoms with Crippen molar-refractivity contribution in [3.8, 4) is 11.5 Å². The van der Waals surface area contributed by atoms with Crippen LogP contribution in [0.2, 0.25) is 0 Å². The van der Waals surface area contributed by atoms with Crippen LogP contribution in [0.1, 0.15) is 58.3 Å². The Morgan fingerprint density at radius 1 is 0.764 bits per heavy atom. The average Bonchev–Trinajstić information content (AvgIpc) is 3.13. The van der Waals surface area contributed by atoms with E-state index in [4.69, 9.17) is 9.47 Å². The van der Waals surface area contributed by atoms with Gasteiger partial charge >= 0.3 is 24.7 Å². The van der Waals surface area contributed by atoms with E-state index in [1.165, 1.54) is 19.2 Å². The summed E-state index contributed by atoms with van der Waals surface area (Å²) in [5.41, 5.74) is -4.82. The number of nitrogens with one attached hydrogen (secondary N) is 1. The molecule has 16 heteroatoms. The Bertz CT molecular complexity index is 1960. The van der Waals surface area contributed by atoms with Crippen molar-refractivity contribution >= 4 is 11.9 Å². The van der Waals surface area contributed by atoms with E-state index in [1.807, 2.05) is 0 Å². The van der Waals surface area contributed by atoms with Gasteiger partial charge in [-0.3, -0.25) is 9.59 Å². The highest BCUT2D eigenvalue weighted by atomic mass is 19.4. The summed E-state index contributed by atoms with van der Waals surface area (Å²) in [6.07, 6.45) is -12.4. The summed E-state index contributed by atoms with van der Waals surface area (Å²) in [5, 5.41) is 2.51. The topological polar surface area (TPSA) is 73.9 Å². The minimum atomic E-state index is -5.22. The number of carbonyl (C=O) groups excluding carboxylic acids is 2. The van der Waals surface area contributed by atoms with E-state index in [0.717, 1.165) is 55.3 Å². The molecule has 6 nitrogen and oxygen atoms in total. The van der Waals surface area contributed by atoms with Crippen LogP contribution in [0.3, 0.4) is 0 Å². The fraction of sp³-hybridized carbons (Fsp3) is 0.333. The summed E-state index contributed by atoms with van der Waals surface area (Å²) in [6.45, 7) is 0.315. The zero-order chi connectivity index (χ0) is 40.1. The number of ether oxygens (including phenoxy) is 3. The average molecular weight is 786 g/mol. The van der Waals surface area contributed by atoms with Crippen LogP contribution in [0.15, 0.2) is 84.9 Å². The molecule has 0 aliphatic heterocycles. The molecule has 1 atom stereocenters. The van der Waals surface area contributed by atoms with Crippen LogP contribution in [-0.4, -0.2) is 38.1 Å². The molecule has 0 bridgehead atoms. The van der Waals surface area contributed by atoms with Gasteiger partial charge in [0.2, 0.25) is 0 Å². The first-order chi connectivity index (χ1) is 25.9. The maximum absolute atomic E-state index is 15.2. The Labute approximate surface area is 308 Å². The van der Waals surface area contributed by atoms with Gasteiger partial charge in [0.25, 0.3) is 5.91 Å². The molecule has 0 aromatic heterocycles. The van der Waals surface area contributed by atoms with Gasteiger partial charge in [-0.05, 0) is 103 Å². The van der Waals surface area contributed by atoms with E-state index in [-0.39, 0.29) is 29.4 Å². The molecular formula is C39H33F10NO5. The largest absolute Gasteiger partial charge is 0.493 e. The summed E-state index contributed by atoms with van der Waals surface area (Å²) in [7, 11) is 1.33. The highest BCUT2D eigenvalue weighted by Crippen LogP contribution is 2.39. The molecule has 5 rings (SSSR count). The van der Waals surface area contributed by atoms with Crippen molar-refractivity contribution in [1.29, 1.82) is 0 Å². The molecule has 0 heterocycles. The number of hydrogen-bond donors (Lipinski definition) is 1. The van der Waals surface area contributed by atoms with Gasteiger partial charge in [0.05, 0.1) is 30.7 Å². The zero-order valence-corrected chi connectivity index (χ0v) is 28.9. The lowest BCUT2D eigenvalue weighted by Crippen LogP contribution is -2.49. The molecule has 1 aliphatic rings. The first-order valence-corrected chi connectivity index (χ1v) is 16.8. The van der Waals surface area contributed by atoms with Crippen LogP contribution in [-0.2, 0) is 27.7 Å². The Morgan fingerprint density at radius 3 is 2.02 bits per heavy atom. The van der Waals surface area contributed by atoms with Crippen LogP contribution in [0.5, 0.6) is 11.5 Å². The van der Waals surface area contributed by atoms with Gasteiger partial charge in [0, 0.05) is 18.1 Å². The SMILES string of the molecule is COC(=O)C1CCC(COc2ccc(C[C@](NC(=O)c3ccc(F)c(C(F)(F)F)c3)(c3ccc(F)cc3)c3cc(F)cc(OC(F)(F)C(F)F)c3)cc2)CC1. The molecule has 1 N–H and O–H groups in total. The molecule has 4 aromatic carbocycles. The number of halogens is 10. The molecule has 1 saturated carbocycles. The first-order valence-electron chi connectivity index (χ1n) is 16.8. The normalized spacial score (nSPS) is 17.3. The maximum Gasteiger partial charge on any atom is 0.461 e. The van der Waals surface area contributed by atoms with Gasteiger partial charge < -0.3 is 19.5 Å². The summed E-state index contributed by atoms with van der Waals surface area (Å²) in [6, 6.07) is 13.5. The molecule has 0 saturated heterocycles. The third-order valence-corrected chi connectivity index (χ3v) is 9.33. The third-order valence-electron chi connectivity index (χ3n) is 9.33. The Kier molecular flexibility index (Phi) is 12.4. The van der Waals surface area contributed by atoms with E-state index >= 15 is 4.39 Å². The quantitative estimate of drug-likeness (QED) is 0.108. The lowest BCUT2D eigenvalue weighted by molar-refractivity contribution is -0.253. The van der Waals surface area contributed by atoms with E-state index in [9.17, 15) is 49.1 Å². The number of methoxy groups -OCH3 is 1. The Hall–Kier alpha value is -5.28. The van der Waals surface area contributed by atoms with Crippen molar-refractivity contribution in [2.75, 3.05) is 13.7 Å². The molecule has 0 radical (unpaired) electrons. The monoisotopic (exact) mass is 785 g/mol. The molecule has 0 unspecified atom stereocenters. The Morgan fingerprint density at radius 2 is 1.42 bits per heavy atom. The molecule has 1 aliphatic carbocycles. The minimum Gasteiger partial charge on any atom is -0.493 e. The number of carbonyl (C=O) groups is 2. The van der Waals surface area contributed by atoms with Crippen LogP contribution < -0.4 is 14.8 Å². The molecule has 294 valence electrons. The summed E-state index contributed by atoms with van der Waals surface area (Å²) in [5.74, 6) is -6.06. The van der Waals surface area contributed by atoms with Crippen LogP contribution >= 0.6 is 0 Å². The molecule has 0 spiro atoms. The number of hydrogen-bond acceptors (Lipinski definition) is 5. The van der Waals surface area contributed by atoms with Crippen molar-refractivity contribution in [2.45, 2.75) is 56.4 Å². The van der Waals surface area contributed by atoms with Crippen molar-refractivity contribution in [1.82, 2.24) is 5.32 Å². The molecule has 55 heavy (non-hydrogen) atoms.